The third-order valence-electron chi connectivity index (χ3n) is 2.17. The van der Waals surface area contributed by atoms with Gasteiger partial charge in [0.15, 0.2) is 0 Å². The summed E-state index contributed by atoms with van der Waals surface area (Å²) in [4.78, 5) is -0.0250. The molecule has 2 rings (SSSR count). The minimum atomic E-state index is -3.74. The molecule has 2 aromatic rings. The second kappa shape index (κ2) is 5.08. The normalized spacial score (nSPS) is 11.7. The number of anilines is 1. The van der Waals surface area contributed by atoms with Gasteiger partial charge in [-0.1, -0.05) is 23.2 Å². The van der Waals surface area contributed by atoms with Gasteiger partial charge >= 0.3 is 0 Å². The van der Waals surface area contributed by atoms with Crippen LogP contribution in [0.15, 0.2) is 23.2 Å². The standard InChI is InChI=1S/C9H9Cl2N3O2S2/c1-2-14-8(3-4-12-14)13-18(15,16)6-5-7(10)17-9(6)11/h3-5,13H,2H2,1H3. The lowest BCUT2D eigenvalue weighted by molar-refractivity contribution is 0.599. The molecule has 1 N–H and O–H groups in total. The van der Waals surface area contributed by atoms with Crippen molar-refractivity contribution < 1.29 is 8.42 Å². The van der Waals surface area contributed by atoms with Gasteiger partial charge < -0.3 is 0 Å². The van der Waals surface area contributed by atoms with Gasteiger partial charge in [-0.25, -0.2) is 13.1 Å². The van der Waals surface area contributed by atoms with Crippen LogP contribution in [0.25, 0.3) is 0 Å². The summed E-state index contributed by atoms with van der Waals surface area (Å²) in [6, 6.07) is 2.90. The first-order chi connectivity index (χ1) is 8.44. The maximum Gasteiger partial charge on any atom is 0.265 e. The van der Waals surface area contributed by atoms with Gasteiger partial charge in [-0.3, -0.25) is 4.72 Å². The van der Waals surface area contributed by atoms with Crippen molar-refractivity contribution in [1.82, 2.24) is 9.78 Å². The molecule has 0 amide bonds. The second-order valence-corrected chi connectivity index (χ2v) is 7.26. The number of thiophene rings is 1. The lowest BCUT2D eigenvalue weighted by Gasteiger charge is -2.08. The van der Waals surface area contributed by atoms with Gasteiger partial charge in [0, 0.05) is 12.6 Å². The number of nitrogens with one attached hydrogen (secondary N) is 1. The number of sulfonamides is 1. The van der Waals surface area contributed by atoms with Gasteiger partial charge in [-0.05, 0) is 13.0 Å². The van der Waals surface area contributed by atoms with E-state index in [2.05, 4.69) is 9.82 Å². The number of hydrogen-bond donors (Lipinski definition) is 1. The van der Waals surface area contributed by atoms with Crippen LogP contribution >= 0.6 is 34.5 Å². The highest BCUT2D eigenvalue weighted by Gasteiger charge is 2.22. The molecule has 2 aromatic heterocycles. The van der Waals surface area contributed by atoms with E-state index < -0.39 is 10.0 Å². The Morgan fingerprint density at radius 2 is 2.22 bits per heavy atom. The maximum atomic E-state index is 12.1. The zero-order chi connectivity index (χ0) is 13.3. The van der Waals surface area contributed by atoms with E-state index in [1.807, 2.05) is 6.92 Å². The van der Waals surface area contributed by atoms with Crippen LogP contribution in [0.3, 0.4) is 0 Å². The summed E-state index contributed by atoms with van der Waals surface area (Å²) in [7, 11) is -3.74. The molecule has 0 unspecified atom stereocenters. The molecule has 0 aliphatic heterocycles. The molecule has 0 radical (unpaired) electrons. The van der Waals surface area contributed by atoms with Crippen LogP contribution in [0.4, 0.5) is 5.82 Å². The number of rotatable bonds is 4. The van der Waals surface area contributed by atoms with Gasteiger partial charge in [0.25, 0.3) is 10.0 Å². The van der Waals surface area contributed by atoms with Gasteiger partial charge in [0.1, 0.15) is 15.0 Å². The van der Waals surface area contributed by atoms with Gasteiger partial charge in [0.05, 0.1) is 10.5 Å². The van der Waals surface area contributed by atoms with Gasteiger partial charge in [0.2, 0.25) is 0 Å². The molecule has 18 heavy (non-hydrogen) atoms. The lowest BCUT2D eigenvalue weighted by Crippen LogP contribution is -2.15. The Morgan fingerprint density at radius 1 is 1.50 bits per heavy atom. The van der Waals surface area contributed by atoms with Crippen LogP contribution in [0.2, 0.25) is 8.67 Å². The van der Waals surface area contributed by atoms with Crippen LogP contribution in [-0.2, 0) is 16.6 Å². The molecule has 0 aliphatic rings. The maximum absolute atomic E-state index is 12.1. The van der Waals surface area contributed by atoms with Crippen molar-refractivity contribution in [2.45, 2.75) is 18.4 Å². The second-order valence-electron chi connectivity index (χ2n) is 3.33. The van der Waals surface area contributed by atoms with Crippen LogP contribution in [0, 0.1) is 0 Å². The number of aromatic nitrogens is 2. The van der Waals surface area contributed by atoms with Crippen molar-refractivity contribution in [2.75, 3.05) is 4.72 Å². The number of nitrogens with zero attached hydrogens (tertiary/aromatic N) is 2. The van der Waals surface area contributed by atoms with E-state index in [-0.39, 0.29) is 9.23 Å². The first-order valence-electron chi connectivity index (χ1n) is 4.93. The van der Waals surface area contributed by atoms with E-state index in [0.29, 0.717) is 16.7 Å². The van der Waals surface area contributed by atoms with Crippen molar-refractivity contribution in [1.29, 1.82) is 0 Å². The highest BCUT2D eigenvalue weighted by Crippen LogP contribution is 2.34. The van der Waals surface area contributed by atoms with E-state index in [9.17, 15) is 8.42 Å². The molecule has 0 bridgehead atoms. The van der Waals surface area contributed by atoms with Crippen molar-refractivity contribution in [2.24, 2.45) is 0 Å². The van der Waals surface area contributed by atoms with Crippen LogP contribution in [0.5, 0.6) is 0 Å². The number of halogens is 2. The topological polar surface area (TPSA) is 64.0 Å². The van der Waals surface area contributed by atoms with Gasteiger partial charge in [-0.2, -0.15) is 5.10 Å². The molecule has 0 fully saturated rings. The molecule has 5 nitrogen and oxygen atoms in total. The molecule has 0 saturated carbocycles. The Morgan fingerprint density at radius 3 is 2.78 bits per heavy atom. The van der Waals surface area contributed by atoms with Crippen molar-refractivity contribution in [3.8, 4) is 0 Å². The Balaban J connectivity index is 2.36. The van der Waals surface area contributed by atoms with Crippen molar-refractivity contribution in [3.05, 3.63) is 27.0 Å². The van der Waals surface area contributed by atoms with Crippen LogP contribution < -0.4 is 4.72 Å². The molecule has 0 aromatic carbocycles. The average molecular weight is 326 g/mol. The quantitative estimate of drug-likeness (QED) is 0.939. The fraction of sp³-hybridized carbons (Fsp3) is 0.222. The largest absolute Gasteiger partial charge is 0.265 e. The third-order valence-corrected chi connectivity index (χ3v) is 5.28. The van der Waals surface area contributed by atoms with Gasteiger partial charge in [-0.15, -0.1) is 11.3 Å². The average Bonchev–Trinajstić information content (AvgIpc) is 2.84. The Bertz CT molecular complexity index is 663. The smallest absolute Gasteiger partial charge is 0.263 e. The summed E-state index contributed by atoms with van der Waals surface area (Å²) < 4.78 is 28.6. The number of aryl methyl sites for hydroxylation is 1. The van der Waals surface area contributed by atoms with Crippen LogP contribution in [0.1, 0.15) is 6.92 Å². The Kier molecular flexibility index (Phi) is 3.86. The molecule has 0 spiro atoms. The summed E-state index contributed by atoms with van der Waals surface area (Å²) in [5.74, 6) is 0.385. The fourth-order valence-corrected chi connectivity index (χ4v) is 4.58. The minimum absolute atomic E-state index is 0.0250. The van der Waals surface area contributed by atoms with Crippen LogP contribution in [-0.4, -0.2) is 18.2 Å². The Labute approximate surface area is 118 Å². The van der Waals surface area contributed by atoms with E-state index in [1.54, 1.807) is 6.07 Å². The third kappa shape index (κ3) is 2.64. The predicted octanol–water partition coefficient (Wildman–Crippen LogP) is 3.07. The molecule has 0 atom stereocenters. The Hall–Kier alpha value is -0.760. The monoisotopic (exact) mass is 325 g/mol. The summed E-state index contributed by atoms with van der Waals surface area (Å²) in [6.45, 7) is 2.42. The van der Waals surface area contributed by atoms with E-state index in [4.69, 9.17) is 23.2 Å². The fourth-order valence-electron chi connectivity index (χ4n) is 1.37. The molecular formula is C9H9Cl2N3O2S2. The summed E-state index contributed by atoms with van der Waals surface area (Å²) in [5, 5.41) is 3.97. The molecular weight excluding hydrogens is 317 g/mol. The van der Waals surface area contributed by atoms with E-state index >= 15 is 0 Å². The molecule has 98 valence electrons. The summed E-state index contributed by atoms with van der Waals surface area (Å²) in [6.07, 6.45) is 1.52. The summed E-state index contributed by atoms with van der Waals surface area (Å²) in [5.41, 5.74) is 0. The predicted molar refractivity (Wildman–Crippen MR) is 73.0 cm³/mol. The van der Waals surface area contributed by atoms with E-state index in [0.717, 1.165) is 11.3 Å². The first-order valence-corrected chi connectivity index (χ1v) is 7.99. The van der Waals surface area contributed by atoms with Crippen molar-refractivity contribution >= 4 is 50.4 Å². The number of hydrogen-bond acceptors (Lipinski definition) is 4. The highest BCUT2D eigenvalue weighted by atomic mass is 35.5. The zero-order valence-electron chi connectivity index (χ0n) is 9.22. The lowest BCUT2D eigenvalue weighted by atomic mass is 10.6. The summed E-state index contributed by atoms with van der Waals surface area (Å²) >= 11 is 12.6. The zero-order valence-corrected chi connectivity index (χ0v) is 12.4. The molecule has 9 heteroatoms. The van der Waals surface area contributed by atoms with E-state index in [1.165, 1.54) is 16.9 Å². The van der Waals surface area contributed by atoms with Crippen molar-refractivity contribution in [3.63, 3.8) is 0 Å². The first kappa shape index (κ1) is 13.7. The highest BCUT2D eigenvalue weighted by molar-refractivity contribution is 7.93. The molecule has 2 heterocycles. The molecule has 0 saturated heterocycles. The minimum Gasteiger partial charge on any atom is -0.263 e. The SMILES string of the molecule is CCn1nccc1NS(=O)(=O)c1cc(Cl)sc1Cl. The molecule has 0 aliphatic carbocycles.